The molecule has 2 heterocycles. The summed E-state index contributed by atoms with van der Waals surface area (Å²) in [5.41, 5.74) is 1.41. The van der Waals surface area contributed by atoms with Crippen LogP contribution in [-0.4, -0.2) is 55.7 Å². The average Bonchev–Trinajstić information content (AvgIpc) is 3.03. The number of carbonyl (C=O) groups is 2. The number of anilines is 2. The van der Waals surface area contributed by atoms with E-state index in [-0.39, 0.29) is 30.0 Å². The second-order valence-electron chi connectivity index (χ2n) is 7.39. The van der Waals surface area contributed by atoms with Crippen LogP contribution in [0.2, 0.25) is 0 Å². The first-order valence-corrected chi connectivity index (χ1v) is 10.1. The second kappa shape index (κ2) is 8.13. The van der Waals surface area contributed by atoms with E-state index in [1.165, 1.54) is 4.90 Å². The fourth-order valence-corrected chi connectivity index (χ4v) is 4.20. The normalized spacial score (nSPS) is 20.4. The number of hydrogen-bond acceptors (Lipinski definition) is 5. The van der Waals surface area contributed by atoms with Crippen molar-refractivity contribution in [3.05, 3.63) is 48.5 Å². The number of ether oxygens (including phenoxy) is 1. The van der Waals surface area contributed by atoms with Crippen molar-refractivity contribution in [1.29, 1.82) is 0 Å². The molecular weight excluding hydrogens is 370 g/mol. The third kappa shape index (κ3) is 3.78. The van der Waals surface area contributed by atoms with Gasteiger partial charge in [-0.2, -0.15) is 0 Å². The van der Waals surface area contributed by atoms with Crippen molar-refractivity contribution in [2.45, 2.75) is 19.4 Å². The lowest BCUT2D eigenvalue weighted by Crippen LogP contribution is -3.19. The van der Waals surface area contributed by atoms with Crippen LogP contribution >= 0.6 is 0 Å². The highest BCUT2D eigenvalue weighted by atomic mass is 16.5. The zero-order chi connectivity index (χ0) is 20.4. The van der Waals surface area contributed by atoms with Gasteiger partial charge in [0.1, 0.15) is 11.5 Å². The van der Waals surface area contributed by atoms with Crippen molar-refractivity contribution in [1.82, 2.24) is 0 Å². The van der Waals surface area contributed by atoms with Crippen LogP contribution in [0.25, 0.3) is 0 Å². The standard InChI is InChI=1S/C22H25N3O4/c1-2-29-17-9-7-16(8-10-17)25-21(27)15-19(22(25)28)24-13-11-23(12-14-24)18-5-3-4-6-20(18)26/h3-10,19,26H,2,11-15H2,1H3/p+1/t19-/m1/s1. The average molecular weight is 396 g/mol. The quantitative estimate of drug-likeness (QED) is 0.733. The van der Waals surface area contributed by atoms with Gasteiger partial charge in [0.2, 0.25) is 5.91 Å². The Balaban J connectivity index is 1.42. The number of benzene rings is 2. The minimum Gasteiger partial charge on any atom is -0.506 e. The highest BCUT2D eigenvalue weighted by molar-refractivity contribution is 6.21. The van der Waals surface area contributed by atoms with Gasteiger partial charge < -0.3 is 19.6 Å². The molecule has 2 aliphatic heterocycles. The van der Waals surface area contributed by atoms with E-state index in [9.17, 15) is 14.7 Å². The van der Waals surface area contributed by atoms with Gasteiger partial charge in [0.25, 0.3) is 5.91 Å². The molecule has 7 nitrogen and oxygen atoms in total. The number of imide groups is 1. The molecule has 2 aliphatic rings. The van der Waals surface area contributed by atoms with Crippen molar-refractivity contribution >= 4 is 23.2 Å². The molecular formula is C22H26N3O4+. The number of nitrogens with zero attached hydrogens (tertiary/aromatic N) is 2. The number of piperazine rings is 1. The maximum Gasteiger partial charge on any atom is 0.292 e. The SMILES string of the molecule is CCOc1ccc(N2C(=O)C[C@@H]([NH+]3CCN(c4ccccc4O)CC3)C2=O)cc1. The van der Waals surface area contributed by atoms with Gasteiger partial charge in [-0.25, -0.2) is 4.90 Å². The molecule has 2 fully saturated rings. The Bertz CT molecular complexity index is 891. The molecule has 0 radical (unpaired) electrons. The number of amides is 2. The lowest BCUT2D eigenvalue weighted by molar-refractivity contribution is -0.915. The second-order valence-corrected chi connectivity index (χ2v) is 7.39. The number of aromatic hydroxyl groups is 1. The van der Waals surface area contributed by atoms with Gasteiger partial charge in [-0.15, -0.1) is 0 Å². The van der Waals surface area contributed by atoms with Crippen LogP contribution in [0.4, 0.5) is 11.4 Å². The predicted molar refractivity (Wildman–Crippen MR) is 110 cm³/mol. The maximum atomic E-state index is 13.0. The number of hydrogen-bond donors (Lipinski definition) is 2. The zero-order valence-corrected chi connectivity index (χ0v) is 16.5. The predicted octanol–water partition coefficient (Wildman–Crippen LogP) is 0.828. The smallest absolute Gasteiger partial charge is 0.292 e. The Hall–Kier alpha value is -3.06. The molecule has 0 bridgehead atoms. The summed E-state index contributed by atoms with van der Waals surface area (Å²) in [5, 5.41) is 10.1. The first kappa shape index (κ1) is 19.3. The molecule has 29 heavy (non-hydrogen) atoms. The van der Waals surface area contributed by atoms with E-state index in [0.29, 0.717) is 12.3 Å². The van der Waals surface area contributed by atoms with Crippen LogP contribution in [0.15, 0.2) is 48.5 Å². The number of quaternary nitrogens is 1. The fraction of sp³-hybridized carbons (Fsp3) is 0.364. The van der Waals surface area contributed by atoms with E-state index >= 15 is 0 Å². The molecule has 0 aliphatic carbocycles. The Labute approximate surface area is 170 Å². The lowest BCUT2D eigenvalue weighted by atomic mass is 10.1. The monoisotopic (exact) mass is 396 g/mol. The van der Waals surface area contributed by atoms with E-state index in [1.54, 1.807) is 36.4 Å². The molecule has 0 aromatic heterocycles. The van der Waals surface area contributed by atoms with Crippen molar-refractivity contribution in [3.63, 3.8) is 0 Å². The lowest BCUT2D eigenvalue weighted by Gasteiger charge is -2.35. The van der Waals surface area contributed by atoms with Crippen molar-refractivity contribution < 1.29 is 24.3 Å². The molecule has 7 heteroatoms. The van der Waals surface area contributed by atoms with Gasteiger partial charge >= 0.3 is 0 Å². The van der Waals surface area contributed by atoms with Crippen LogP contribution in [0.3, 0.4) is 0 Å². The van der Waals surface area contributed by atoms with E-state index in [1.807, 2.05) is 19.1 Å². The topological polar surface area (TPSA) is 74.5 Å². The van der Waals surface area contributed by atoms with Crippen molar-refractivity contribution in [2.24, 2.45) is 0 Å². The molecule has 2 aromatic rings. The van der Waals surface area contributed by atoms with Gasteiger partial charge in [0.05, 0.1) is 50.6 Å². The highest BCUT2D eigenvalue weighted by Gasteiger charge is 2.46. The fourth-order valence-electron chi connectivity index (χ4n) is 4.20. The Morgan fingerprint density at radius 1 is 1.07 bits per heavy atom. The minimum atomic E-state index is -0.347. The van der Waals surface area contributed by atoms with Gasteiger partial charge in [-0.1, -0.05) is 12.1 Å². The molecule has 2 aromatic carbocycles. The van der Waals surface area contributed by atoms with E-state index in [0.717, 1.165) is 42.5 Å². The van der Waals surface area contributed by atoms with Crippen LogP contribution < -0.4 is 19.4 Å². The number of rotatable bonds is 5. The third-order valence-corrected chi connectivity index (χ3v) is 5.67. The minimum absolute atomic E-state index is 0.134. The van der Waals surface area contributed by atoms with Gasteiger partial charge in [0.15, 0.2) is 6.04 Å². The van der Waals surface area contributed by atoms with E-state index in [2.05, 4.69) is 4.90 Å². The summed E-state index contributed by atoms with van der Waals surface area (Å²) in [7, 11) is 0. The summed E-state index contributed by atoms with van der Waals surface area (Å²) in [5.74, 6) is 0.701. The van der Waals surface area contributed by atoms with Crippen LogP contribution in [0, 0.1) is 0 Å². The Morgan fingerprint density at radius 3 is 2.41 bits per heavy atom. The van der Waals surface area contributed by atoms with Crippen molar-refractivity contribution in [2.75, 3.05) is 42.6 Å². The molecule has 2 saturated heterocycles. The number of carbonyl (C=O) groups excluding carboxylic acids is 2. The maximum absolute atomic E-state index is 13.0. The molecule has 2 amide bonds. The first-order valence-electron chi connectivity index (χ1n) is 10.1. The number of phenols is 1. The molecule has 1 atom stereocenters. The molecule has 0 unspecified atom stereocenters. The summed E-state index contributed by atoms with van der Waals surface area (Å²) < 4.78 is 5.43. The summed E-state index contributed by atoms with van der Waals surface area (Å²) in [6.45, 7) is 5.43. The summed E-state index contributed by atoms with van der Waals surface area (Å²) >= 11 is 0. The zero-order valence-electron chi connectivity index (χ0n) is 16.5. The van der Waals surface area contributed by atoms with Gasteiger partial charge in [-0.3, -0.25) is 9.59 Å². The number of para-hydroxylation sites is 2. The summed E-state index contributed by atoms with van der Waals surface area (Å²) in [4.78, 5) is 30.2. The van der Waals surface area contributed by atoms with Gasteiger partial charge in [-0.05, 0) is 43.3 Å². The Morgan fingerprint density at radius 2 is 1.76 bits per heavy atom. The van der Waals surface area contributed by atoms with Crippen LogP contribution in [0.5, 0.6) is 11.5 Å². The largest absolute Gasteiger partial charge is 0.506 e. The summed E-state index contributed by atoms with van der Waals surface area (Å²) in [6, 6.07) is 14.0. The number of phenolic OH excluding ortho intramolecular Hbond substituents is 1. The van der Waals surface area contributed by atoms with Gasteiger partial charge in [0, 0.05) is 0 Å². The first-order chi connectivity index (χ1) is 14.1. The molecule has 0 spiro atoms. The van der Waals surface area contributed by atoms with Crippen LogP contribution in [-0.2, 0) is 9.59 Å². The molecule has 2 N–H and O–H groups in total. The Kier molecular flexibility index (Phi) is 5.40. The van der Waals surface area contributed by atoms with Crippen LogP contribution in [0.1, 0.15) is 13.3 Å². The molecule has 152 valence electrons. The number of nitrogens with one attached hydrogen (secondary N) is 1. The molecule has 0 saturated carbocycles. The van der Waals surface area contributed by atoms with Crippen molar-refractivity contribution in [3.8, 4) is 11.5 Å². The van der Waals surface area contributed by atoms with E-state index < -0.39 is 0 Å². The highest BCUT2D eigenvalue weighted by Crippen LogP contribution is 2.27. The third-order valence-electron chi connectivity index (χ3n) is 5.67. The molecule has 4 rings (SSSR count). The van der Waals surface area contributed by atoms with E-state index in [4.69, 9.17) is 4.74 Å². The summed E-state index contributed by atoms with van der Waals surface area (Å²) in [6.07, 6.45) is 0.234.